The van der Waals surface area contributed by atoms with Crippen LogP contribution in [0.25, 0.3) is 0 Å². The average Bonchev–Trinajstić information content (AvgIpc) is 2.26. The van der Waals surface area contributed by atoms with E-state index in [0.29, 0.717) is 10.8 Å². The molecule has 0 fully saturated rings. The number of rotatable bonds is 4. The van der Waals surface area contributed by atoms with Crippen LogP contribution in [0.3, 0.4) is 0 Å². The SMILES string of the molecule is COC(=O)C(C)(O)COc1c(C)cc(Br)cc1Cl. The molecule has 0 radical (unpaired) electrons. The first-order valence-electron chi connectivity index (χ1n) is 5.17. The summed E-state index contributed by atoms with van der Waals surface area (Å²) in [5.74, 6) is -0.322. The van der Waals surface area contributed by atoms with Crippen LogP contribution in [-0.2, 0) is 9.53 Å². The first-order valence-corrected chi connectivity index (χ1v) is 6.34. The molecule has 0 saturated carbocycles. The van der Waals surface area contributed by atoms with Crippen LogP contribution in [0.15, 0.2) is 16.6 Å². The second kappa shape index (κ2) is 5.91. The summed E-state index contributed by atoms with van der Waals surface area (Å²) in [5.41, 5.74) is -0.910. The van der Waals surface area contributed by atoms with Gasteiger partial charge in [-0.2, -0.15) is 0 Å². The predicted octanol–water partition coefficient (Wildman–Crippen LogP) is 2.71. The lowest BCUT2D eigenvalue weighted by atomic mass is 10.1. The Morgan fingerprint density at radius 3 is 2.67 bits per heavy atom. The zero-order chi connectivity index (χ0) is 13.9. The average molecular weight is 338 g/mol. The van der Waals surface area contributed by atoms with Crippen molar-refractivity contribution in [2.45, 2.75) is 19.4 Å². The lowest BCUT2D eigenvalue weighted by Gasteiger charge is -2.21. The van der Waals surface area contributed by atoms with Crippen LogP contribution in [-0.4, -0.2) is 30.4 Å². The van der Waals surface area contributed by atoms with E-state index >= 15 is 0 Å². The smallest absolute Gasteiger partial charge is 0.341 e. The highest BCUT2D eigenvalue weighted by atomic mass is 79.9. The monoisotopic (exact) mass is 336 g/mol. The third-order valence-corrected chi connectivity index (χ3v) is 3.06. The minimum atomic E-state index is -1.71. The molecule has 4 nitrogen and oxygen atoms in total. The van der Waals surface area contributed by atoms with Crippen molar-refractivity contribution in [2.75, 3.05) is 13.7 Å². The molecule has 1 rings (SSSR count). The summed E-state index contributed by atoms with van der Waals surface area (Å²) in [7, 11) is 1.20. The van der Waals surface area contributed by atoms with Gasteiger partial charge in [0.1, 0.15) is 12.4 Å². The highest BCUT2D eigenvalue weighted by Crippen LogP contribution is 2.32. The topological polar surface area (TPSA) is 55.8 Å². The number of aryl methyl sites for hydroxylation is 1. The Bertz CT molecular complexity index is 436. The molecule has 0 heterocycles. The van der Waals surface area contributed by atoms with Gasteiger partial charge in [-0.15, -0.1) is 0 Å². The van der Waals surface area contributed by atoms with Crippen LogP contribution < -0.4 is 4.74 Å². The molecule has 1 N–H and O–H groups in total. The number of hydrogen-bond donors (Lipinski definition) is 1. The minimum absolute atomic E-state index is 0.234. The molecule has 18 heavy (non-hydrogen) atoms. The molecular weight excluding hydrogens is 323 g/mol. The quantitative estimate of drug-likeness (QED) is 0.858. The molecule has 0 spiro atoms. The second-order valence-corrected chi connectivity index (χ2v) is 5.41. The molecule has 1 aromatic rings. The second-order valence-electron chi connectivity index (χ2n) is 4.09. The van der Waals surface area contributed by atoms with Crippen LogP contribution in [0, 0.1) is 6.92 Å². The zero-order valence-electron chi connectivity index (χ0n) is 10.3. The van der Waals surface area contributed by atoms with E-state index in [2.05, 4.69) is 20.7 Å². The Balaban J connectivity index is 2.84. The number of hydrogen-bond acceptors (Lipinski definition) is 4. The third-order valence-electron chi connectivity index (χ3n) is 2.32. The zero-order valence-corrected chi connectivity index (χ0v) is 12.6. The van der Waals surface area contributed by atoms with Crippen molar-refractivity contribution in [3.63, 3.8) is 0 Å². The maximum atomic E-state index is 11.3. The maximum Gasteiger partial charge on any atom is 0.341 e. The van der Waals surface area contributed by atoms with Crippen LogP contribution in [0.2, 0.25) is 5.02 Å². The minimum Gasteiger partial charge on any atom is -0.488 e. The number of ether oxygens (including phenoxy) is 2. The molecule has 1 aromatic carbocycles. The summed E-state index contributed by atoms with van der Waals surface area (Å²) < 4.78 is 10.7. The Morgan fingerprint density at radius 1 is 1.56 bits per heavy atom. The molecule has 0 saturated heterocycles. The first kappa shape index (κ1) is 15.3. The van der Waals surface area contributed by atoms with Crippen molar-refractivity contribution in [1.82, 2.24) is 0 Å². The van der Waals surface area contributed by atoms with E-state index in [9.17, 15) is 9.90 Å². The molecule has 0 aliphatic rings. The number of methoxy groups -OCH3 is 1. The van der Waals surface area contributed by atoms with Crippen LogP contribution in [0.5, 0.6) is 5.75 Å². The highest BCUT2D eigenvalue weighted by molar-refractivity contribution is 9.10. The van der Waals surface area contributed by atoms with Gasteiger partial charge < -0.3 is 14.6 Å². The summed E-state index contributed by atoms with van der Waals surface area (Å²) in [6, 6.07) is 3.50. The van der Waals surface area contributed by atoms with Crippen LogP contribution >= 0.6 is 27.5 Å². The first-order chi connectivity index (χ1) is 8.27. The summed E-state index contributed by atoms with van der Waals surface area (Å²) in [6.45, 7) is 2.90. The number of benzene rings is 1. The summed E-state index contributed by atoms with van der Waals surface area (Å²) in [5, 5.41) is 10.2. The number of aliphatic hydroxyl groups is 1. The van der Waals surface area contributed by atoms with Crippen molar-refractivity contribution in [3.05, 3.63) is 27.2 Å². The molecule has 0 aliphatic heterocycles. The molecule has 1 atom stereocenters. The molecular formula is C12H14BrClO4. The summed E-state index contributed by atoms with van der Waals surface area (Å²) in [6.07, 6.45) is 0. The Labute approximate surface area is 119 Å². The number of carbonyl (C=O) groups is 1. The maximum absolute atomic E-state index is 11.3. The van der Waals surface area contributed by atoms with Crippen LogP contribution in [0.4, 0.5) is 0 Å². The molecule has 100 valence electrons. The predicted molar refractivity (Wildman–Crippen MR) is 72.0 cm³/mol. The summed E-state index contributed by atoms with van der Waals surface area (Å²) in [4.78, 5) is 11.3. The largest absolute Gasteiger partial charge is 0.488 e. The normalized spacial score (nSPS) is 13.9. The van der Waals surface area contributed by atoms with Gasteiger partial charge in [-0.25, -0.2) is 4.79 Å². The van der Waals surface area contributed by atoms with Gasteiger partial charge in [-0.1, -0.05) is 27.5 Å². The van der Waals surface area contributed by atoms with Gasteiger partial charge >= 0.3 is 5.97 Å². The molecule has 0 bridgehead atoms. The Hall–Kier alpha value is -0.780. The van der Waals surface area contributed by atoms with Crippen molar-refractivity contribution < 1.29 is 19.4 Å². The van der Waals surface area contributed by atoms with E-state index in [4.69, 9.17) is 16.3 Å². The molecule has 1 unspecified atom stereocenters. The van der Waals surface area contributed by atoms with E-state index in [1.807, 2.05) is 13.0 Å². The van der Waals surface area contributed by atoms with Gasteiger partial charge in [-0.05, 0) is 31.5 Å². The van der Waals surface area contributed by atoms with Gasteiger partial charge in [0.05, 0.1) is 12.1 Å². The number of carbonyl (C=O) groups excluding carboxylic acids is 1. The van der Waals surface area contributed by atoms with Gasteiger partial charge in [0, 0.05) is 4.47 Å². The fourth-order valence-corrected chi connectivity index (χ4v) is 2.39. The summed E-state index contributed by atoms with van der Waals surface area (Å²) >= 11 is 9.33. The fraction of sp³-hybridized carbons (Fsp3) is 0.417. The van der Waals surface area contributed by atoms with E-state index < -0.39 is 11.6 Å². The van der Waals surface area contributed by atoms with Crippen molar-refractivity contribution in [2.24, 2.45) is 0 Å². The van der Waals surface area contributed by atoms with Crippen LogP contribution in [0.1, 0.15) is 12.5 Å². The molecule has 0 amide bonds. The number of esters is 1. The van der Waals surface area contributed by atoms with Gasteiger partial charge in [-0.3, -0.25) is 0 Å². The standard InChI is InChI=1S/C12H14BrClO4/c1-7-4-8(13)5-9(14)10(7)18-6-12(2,16)11(15)17-3/h4-5,16H,6H2,1-3H3. The fourth-order valence-electron chi connectivity index (χ4n) is 1.36. The Morgan fingerprint density at radius 2 is 2.17 bits per heavy atom. The van der Waals surface area contributed by atoms with Gasteiger partial charge in [0.15, 0.2) is 5.60 Å². The van der Waals surface area contributed by atoms with E-state index in [1.165, 1.54) is 14.0 Å². The lowest BCUT2D eigenvalue weighted by molar-refractivity contribution is -0.163. The molecule has 0 aliphatic carbocycles. The van der Waals surface area contributed by atoms with Gasteiger partial charge in [0.2, 0.25) is 0 Å². The van der Waals surface area contributed by atoms with Gasteiger partial charge in [0.25, 0.3) is 0 Å². The van der Waals surface area contributed by atoms with E-state index in [-0.39, 0.29) is 6.61 Å². The lowest BCUT2D eigenvalue weighted by Crippen LogP contribution is -2.42. The van der Waals surface area contributed by atoms with Crippen molar-refractivity contribution in [3.8, 4) is 5.75 Å². The van der Waals surface area contributed by atoms with E-state index in [0.717, 1.165) is 10.0 Å². The van der Waals surface area contributed by atoms with Crippen molar-refractivity contribution in [1.29, 1.82) is 0 Å². The molecule has 6 heteroatoms. The van der Waals surface area contributed by atoms with Crippen molar-refractivity contribution >= 4 is 33.5 Å². The third kappa shape index (κ3) is 3.60. The molecule has 0 aromatic heterocycles. The Kier molecular flexibility index (Phi) is 5.01. The number of halogens is 2. The van der Waals surface area contributed by atoms with E-state index in [1.54, 1.807) is 6.07 Å². The highest BCUT2D eigenvalue weighted by Gasteiger charge is 2.33.